The van der Waals surface area contributed by atoms with Gasteiger partial charge in [0.15, 0.2) is 0 Å². The summed E-state index contributed by atoms with van der Waals surface area (Å²) in [4.78, 5) is 25.0. The molecule has 0 saturated heterocycles. The van der Waals surface area contributed by atoms with Crippen LogP contribution in [0.15, 0.2) is 48.5 Å². The fourth-order valence-corrected chi connectivity index (χ4v) is 2.93. The summed E-state index contributed by atoms with van der Waals surface area (Å²) < 4.78 is 38.5. The minimum absolute atomic E-state index is 0.0264. The third-order valence-electron chi connectivity index (χ3n) is 4.00. The first-order valence-corrected chi connectivity index (χ1v) is 9.94. The molecular weight excluding hydrogens is 389 g/mol. The van der Waals surface area contributed by atoms with E-state index in [4.69, 9.17) is 0 Å². The van der Waals surface area contributed by atoms with E-state index < -0.39 is 29.6 Å². The highest BCUT2D eigenvalue weighted by Gasteiger charge is 2.30. The molecule has 2 aromatic rings. The maximum Gasteiger partial charge on any atom is 0.416 e. The topological polar surface area (TPSA) is 58.2 Å². The van der Waals surface area contributed by atoms with E-state index in [2.05, 4.69) is 10.6 Å². The number of hydrogen-bond acceptors (Lipinski definition) is 3. The van der Waals surface area contributed by atoms with E-state index in [1.165, 1.54) is 23.9 Å². The van der Waals surface area contributed by atoms with Gasteiger partial charge in [-0.05, 0) is 55.7 Å². The van der Waals surface area contributed by atoms with Crippen LogP contribution in [0.1, 0.15) is 27.9 Å². The Morgan fingerprint density at radius 2 is 1.79 bits per heavy atom. The van der Waals surface area contributed by atoms with E-state index >= 15 is 0 Å². The number of benzene rings is 2. The Hall–Kier alpha value is -2.48. The Balaban J connectivity index is 2.12. The van der Waals surface area contributed by atoms with Crippen molar-refractivity contribution in [3.05, 3.63) is 65.2 Å². The number of aryl methyl sites for hydroxylation is 1. The van der Waals surface area contributed by atoms with Gasteiger partial charge in [-0.1, -0.05) is 23.8 Å². The molecule has 1 unspecified atom stereocenters. The monoisotopic (exact) mass is 410 g/mol. The molecule has 2 amide bonds. The molecule has 0 heterocycles. The Morgan fingerprint density at radius 3 is 2.39 bits per heavy atom. The van der Waals surface area contributed by atoms with Gasteiger partial charge in [-0.3, -0.25) is 9.59 Å². The molecule has 2 rings (SSSR count). The van der Waals surface area contributed by atoms with Crippen molar-refractivity contribution in [3.8, 4) is 0 Å². The van der Waals surface area contributed by atoms with Crippen LogP contribution < -0.4 is 10.6 Å². The van der Waals surface area contributed by atoms with Crippen molar-refractivity contribution >= 4 is 29.3 Å². The number of hydrogen-bond donors (Lipinski definition) is 2. The lowest BCUT2D eigenvalue weighted by molar-refractivity contribution is -0.137. The van der Waals surface area contributed by atoms with Crippen molar-refractivity contribution in [2.24, 2.45) is 0 Å². The number of anilines is 1. The van der Waals surface area contributed by atoms with Gasteiger partial charge in [-0.25, -0.2) is 0 Å². The predicted octanol–water partition coefficient (Wildman–Crippen LogP) is 4.50. The molecule has 2 N–H and O–H groups in total. The molecule has 0 aliphatic heterocycles. The number of carbonyl (C=O) groups excluding carboxylic acids is 2. The zero-order valence-electron chi connectivity index (χ0n) is 15.5. The largest absolute Gasteiger partial charge is 0.416 e. The molecule has 0 aliphatic rings. The first-order valence-electron chi connectivity index (χ1n) is 8.55. The van der Waals surface area contributed by atoms with Crippen molar-refractivity contribution < 1.29 is 22.8 Å². The van der Waals surface area contributed by atoms with Crippen molar-refractivity contribution in [1.82, 2.24) is 5.32 Å². The van der Waals surface area contributed by atoms with Crippen molar-refractivity contribution in [1.29, 1.82) is 0 Å². The molecule has 4 nitrogen and oxygen atoms in total. The van der Waals surface area contributed by atoms with Gasteiger partial charge in [0.05, 0.1) is 5.56 Å². The summed E-state index contributed by atoms with van der Waals surface area (Å²) in [5.41, 5.74) is 0.581. The number of halogens is 3. The van der Waals surface area contributed by atoms with Gasteiger partial charge in [-0.15, -0.1) is 0 Å². The molecule has 0 spiro atoms. The second kappa shape index (κ2) is 9.64. The number of carbonyl (C=O) groups is 2. The highest BCUT2D eigenvalue weighted by atomic mass is 32.2. The molecule has 8 heteroatoms. The fourth-order valence-electron chi connectivity index (χ4n) is 2.45. The summed E-state index contributed by atoms with van der Waals surface area (Å²) >= 11 is 1.50. The maximum atomic E-state index is 12.8. The van der Waals surface area contributed by atoms with Gasteiger partial charge >= 0.3 is 6.18 Å². The summed E-state index contributed by atoms with van der Waals surface area (Å²) in [5.74, 6) is -0.367. The van der Waals surface area contributed by atoms with Gasteiger partial charge in [0.2, 0.25) is 5.91 Å². The van der Waals surface area contributed by atoms with Gasteiger partial charge in [0, 0.05) is 11.3 Å². The van der Waals surface area contributed by atoms with Crippen LogP contribution in [0.4, 0.5) is 18.9 Å². The van der Waals surface area contributed by atoms with Crippen LogP contribution in [0.2, 0.25) is 0 Å². The Labute approximate surface area is 165 Å². The first-order chi connectivity index (χ1) is 13.2. The quantitative estimate of drug-likeness (QED) is 0.706. The highest BCUT2D eigenvalue weighted by molar-refractivity contribution is 7.98. The number of nitrogens with one attached hydrogen (secondary N) is 2. The molecule has 0 aliphatic carbocycles. The minimum Gasteiger partial charge on any atom is -0.340 e. The van der Waals surface area contributed by atoms with Crippen molar-refractivity contribution in [3.63, 3.8) is 0 Å². The molecule has 150 valence electrons. The average molecular weight is 410 g/mol. The van der Waals surface area contributed by atoms with Crippen LogP contribution in [0.25, 0.3) is 0 Å². The van der Waals surface area contributed by atoms with E-state index in [1.807, 2.05) is 13.2 Å². The van der Waals surface area contributed by atoms with E-state index in [0.29, 0.717) is 17.7 Å². The van der Waals surface area contributed by atoms with E-state index in [-0.39, 0.29) is 5.69 Å². The Bertz CT molecular complexity index is 823. The second-order valence-electron chi connectivity index (χ2n) is 6.24. The Kier molecular flexibility index (Phi) is 7.51. The van der Waals surface area contributed by atoms with Crippen LogP contribution in [-0.4, -0.2) is 29.9 Å². The van der Waals surface area contributed by atoms with E-state index in [1.54, 1.807) is 24.3 Å². The molecule has 0 saturated carbocycles. The zero-order chi connectivity index (χ0) is 20.7. The van der Waals surface area contributed by atoms with Gasteiger partial charge in [0.25, 0.3) is 5.91 Å². The summed E-state index contributed by atoms with van der Waals surface area (Å²) in [6.07, 6.45) is -2.29. The lowest BCUT2D eigenvalue weighted by atomic mass is 10.1. The lowest BCUT2D eigenvalue weighted by Crippen LogP contribution is -2.44. The maximum absolute atomic E-state index is 12.8. The summed E-state index contributed by atoms with van der Waals surface area (Å²) in [7, 11) is 0. The van der Waals surface area contributed by atoms with E-state index in [9.17, 15) is 22.8 Å². The minimum atomic E-state index is -4.50. The summed E-state index contributed by atoms with van der Waals surface area (Å²) in [6.45, 7) is 1.89. The zero-order valence-corrected chi connectivity index (χ0v) is 16.3. The molecule has 0 fully saturated rings. The number of amides is 2. The normalized spacial score (nSPS) is 12.3. The lowest BCUT2D eigenvalue weighted by Gasteiger charge is -2.19. The third kappa shape index (κ3) is 6.30. The van der Waals surface area contributed by atoms with Crippen molar-refractivity contribution in [2.75, 3.05) is 17.3 Å². The number of rotatable bonds is 7. The third-order valence-corrected chi connectivity index (χ3v) is 4.65. The van der Waals surface area contributed by atoms with Crippen molar-refractivity contribution in [2.45, 2.75) is 25.6 Å². The van der Waals surface area contributed by atoms with Crippen LogP contribution in [0.3, 0.4) is 0 Å². The van der Waals surface area contributed by atoms with Crippen LogP contribution in [-0.2, 0) is 11.0 Å². The number of thioether (sulfide) groups is 1. The smallest absolute Gasteiger partial charge is 0.340 e. The van der Waals surface area contributed by atoms with Crippen LogP contribution in [0, 0.1) is 6.92 Å². The van der Waals surface area contributed by atoms with Crippen LogP contribution in [0.5, 0.6) is 0 Å². The van der Waals surface area contributed by atoms with Gasteiger partial charge in [0.1, 0.15) is 6.04 Å². The molecule has 1 atom stereocenters. The standard InChI is InChI=1S/C20H21F3N2O2S/c1-13-6-8-14(9-7-13)18(26)25-17(10-11-28-2)19(27)24-16-5-3-4-15(12-16)20(21,22)23/h3-9,12,17H,10-11H2,1-2H3,(H,24,27)(H,25,26). The molecule has 28 heavy (non-hydrogen) atoms. The molecule has 2 aromatic carbocycles. The first kappa shape index (κ1) is 21.8. The molecule has 0 bridgehead atoms. The number of alkyl halides is 3. The summed E-state index contributed by atoms with van der Waals surface area (Å²) in [6, 6.07) is 10.4. The fraction of sp³-hybridized carbons (Fsp3) is 0.300. The second-order valence-corrected chi connectivity index (χ2v) is 7.23. The SMILES string of the molecule is CSCCC(NC(=O)c1ccc(C)cc1)C(=O)Nc1cccc(C(F)(F)F)c1. The Morgan fingerprint density at radius 1 is 1.11 bits per heavy atom. The van der Waals surface area contributed by atoms with Gasteiger partial charge in [-0.2, -0.15) is 24.9 Å². The van der Waals surface area contributed by atoms with E-state index in [0.717, 1.165) is 17.7 Å². The van der Waals surface area contributed by atoms with Gasteiger partial charge < -0.3 is 10.6 Å². The molecule has 0 radical (unpaired) electrons. The van der Waals surface area contributed by atoms with Crippen LogP contribution >= 0.6 is 11.8 Å². The average Bonchev–Trinajstić information content (AvgIpc) is 2.65. The molecule has 0 aromatic heterocycles. The summed E-state index contributed by atoms with van der Waals surface area (Å²) in [5, 5.41) is 5.13. The predicted molar refractivity (Wildman–Crippen MR) is 106 cm³/mol. The highest BCUT2D eigenvalue weighted by Crippen LogP contribution is 2.30. The molecular formula is C20H21F3N2O2S.